The summed E-state index contributed by atoms with van der Waals surface area (Å²) in [6.45, 7) is 6.01. The maximum Gasteiger partial charge on any atom is 0.289 e. The van der Waals surface area contributed by atoms with Crippen molar-refractivity contribution in [2.45, 2.75) is 26.8 Å². The van der Waals surface area contributed by atoms with Crippen LogP contribution in [0.2, 0.25) is 5.02 Å². The first-order valence-corrected chi connectivity index (χ1v) is 6.66. The number of nitrogens with one attached hydrogen (secondary N) is 2. The molecule has 0 aromatic heterocycles. The zero-order valence-electron chi connectivity index (χ0n) is 11.6. The highest BCUT2D eigenvalue weighted by Gasteiger charge is 2.14. The van der Waals surface area contributed by atoms with E-state index in [0.717, 1.165) is 0 Å². The summed E-state index contributed by atoms with van der Waals surface area (Å²) < 4.78 is 0. The average molecular weight is 300 g/mol. The van der Waals surface area contributed by atoms with E-state index >= 15 is 0 Å². The van der Waals surface area contributed by atoms with E-state index in [2.05, 4.69) is 10.6 Å². The number of nitro groups is 1. The Bertz CT molecular complexity index is 506. The normalized spacial score (nSPS) is 12.1. The van der Waals surface area contributed by atoms with E-state index in [0.29, 0.717) is 11.6 Å². The predicted octanol–water partition coefficient (Wildman–Crippen LogP) is 2.82. The second kappa shape index (κ2) is 7.09. The van der Waals surface area contributed by atoms with Crippen LogP contribution < -0.4 is 10.6 Å². The van der Waals surface area contributed by atoms with Crippen LogP contribution in [0.1, 0.15) is 20.8 Å². The molecule has 6 nitrogen and oxygen atoms in total. The molecule has 0 aliphatic heterocycles. The third-order valence-corrected chi connectivity index (χ3v) is 3.30. The summed E-state index contributed by atoms with van der Waals surface area (Å²) >= 11 is 5.71. The van der Waals surface area contributed by atoms with Crippen LogP contribution in [-0.4, -0.2) is 23.4 Å². The molecule has 1 rings (SSSR count). The minimum atomic E-state index is -0.561. The van der Waals surface area contributed by atoms with E-state index in [-0.39, 0.29) is 29.2 Å². The molecule has 0 radical (unpaired) electrons. The number of hydrogen-bond donors (Lipinski definition) is 2. The first kappa shape index (κ1) is 16.2. The van der Waals surface area contributed by atoms with Crippen molar-refractivity contribution in [2.24, 2.45) is 5.92 Å². The van der Waals surface area contributed by atoms with Gasteiger partial charge in [0.05, 0.1) is 11.5 Å². The van der Waals surface area contributed by atoms with E-state index in [4.69, 9.17) is 11.6 Å². The molecule has 1 atom stereocenters. The number of nitro benzene ring substituents is 1. The summed E-state index contributed by atoms with van der Waals surface area (Å²) in [5.41, 5.74) is 0.293. The number of anilines is 1. The van der Waals surface area contributed by atoms with Crippen LogP contribution >= 0.6 is 11.6 Å². The zero-order chi connectivity index (χ0) is 15.3. The average Bonchev–Trinajstić information content (AvgIpc) is 2.37. The lowest BCUT2D eigenvalue weighted by Crippen LogP contribution is -2.39. The lowest BCUT2D eigenvalue weighted by molar-refractivity contribution is -0.384. The van der Waals surface area contributed by atoms with Crippen molar-refractivity contribution in [1.82, 2.24) is 5.32 Å². The maximum atomic E-state index is 11.7. The molecule has 7 heteroatoms. The van der Waals surface area contributed by atoms with Gasteiger partial charge in [-0.1, -0.05) is 25.4 Å². The van der Waals surface area contributed by atoms with E-state index in [1.807, 2.05) is 20.8 Å². The second-order valence-corrected chi connectivity index (χ2v) is 5.28. The molecule has 0 fully saturated rings. The molecule has 0 saturated heterocycles. The van der Waals surface area contributed by atoms with Crippen molar-refractivity contribution in [1.29, 1.82) is 0 Å². The zero-order valence-corrected chi connectivity index (χ0v) is 12.4. The highest BCUT2D eigenvalue weighted by atomic mass is 35.5. The van der Waals surface area contributed by atoms with E-state index in [1.54, 1.807) is 6.07 Å². The van der Waals surface area contributed by atoms with Gasteiger partial charge in [-0.25, -0.2) is 0 Å². The minimum Gasteiger partial charge on any atom is -0.376 e. The van der Waals surface area contributed by atoms with Gasteiger partial charge in [-0.2, -0.15) is 0 Å². The van der Waals surface area contributed by atoms with Gasteiger partial charge in [0.25, 0.3) is 5.69 Å². The van der Waals surface area contributed by atoms with E-state index in [1.165, 1.54) is 12.1 Å². The molecule has 0 bridgehead atoms. The van der Waals surface area contributed by atoms with Crippen molar-refractivity contribution in [2.75, 3.05) is 11.9 Å². The largest absolute Gasteiger partial charge is 0.376 e. The molecule has 1 aromatic carbocycles. The molecule has 0 aliphatic carbocycles. The Morgan fingerprint density at radius 3 is 2.60 bits per heavy atom. The molecule has 0 aliphatic rings. The van der Waals surface area contributed by atoms with Crippen molar-refractivity contribution >= 4 is 28.9 Å². The first-order valence-electron chi connectivity index (χ1n) is 6.28. The third kappa shape index (κ3) is 4.70. The Morgan fingerprint density at radius 1 is 1.40 bits per heavy atom. The fraction of sp³-hybridized carbons (Fsp3) is 0.462. The molecule has 0 spiro atoms. The Balaban J connectivity index is 2.60. The monoisotopic (exact) mass is 299 g/mol. The molecule has 110 valence electrons. The van der Waals surface area contributed by atoms with Crippen LogP contribution in [0.15, 0.2) is 18.2 Å². The fourth-order valence-corrected chi connectivity index (χ4v) is 1.60. The topological polar surface area (TPSA) is 84.3 Å². The van der Waals surface area contributed by atoms with Crippen LogP contribution in [0.3, 0.4) is 0 Å². The van der Waals surface area contributed by atoms with Gasteiger partial charge in [-0.3, -0.25) is 14.9 Å². The highest BCUT2D eigenvalue weighted by molar-refractivity contribution is 6.32. The SMILES string of the molecule is CC(C)C(C)NC(=O)CNc1ccc(Cl)c([N+](=O)[O-])c1. The van der Waals surface area contributed by atoms with Crippen molar-refractivity contribution in [3.63, 3.8) is 0 Å². The number of carbonyl (C=O) groups is 1. The highest BCUT2D eigenvalue weighted by Crippen LogP contribution is 2.27. The Hall–Kier alpha value is -1.82. The van der Waals surface area contributed by atoms with Gasteiger partial charge in [0.2, 0.25) is 5.91 Å². The molecule has 2 N–H and O–H groups in total. The summed E-state index contributed by atoms with van der Waals surface area (Å²) in [6, 6.07) is 4.40. The summed E-state index contributed by atoms with van der Waals surface area (Å²) in [4.78, 5) is 21.9. The van der Waals surface area contributed by atoms with Gasteiger partial charge in [-0.05, 0) is 25.0 Å². The van der Waals surface area contributed by atoms with Crippen molar-refractivity contribution in [3.8, 4) is 0 Å². The van der Waals surface area contributed by atoms with Crippen LogP contribution in [0.5, 0.6) is 0 Å². The summed E-state index contributed by atoms with van der Waals surface area (Å²) in [7, 11) is 0. The maximum absolute atomic E-state index is 11.7. The quantitative estimate of drug-likeness (QED) is 0.625. The van der Waals surface area contributed by atoms with E-state index in [9.17, 15) is 14.9 Å². The molecule has 1 aromatic rings. The Labute approximate surface area is 122 Å². The number of halogens is 1. The lowest BCUT2D eigenvalue weighted by atomic mass is 10.1. The van der Waals surface area contributed by atoms with Gasteiger partial charge in [0.1, 0.15) is 5.02 Å². The Kier molecular flexibility index (Phi) is 5.76. The van der Waals surface area contributed by atoms with Crippen LogP contribution in [0.4, 0.5) is 11.4 Å². The molecule has 1 unspecified atom stereocenters. The fourth-order valence-electron chi connectivity index (χ4n) is 1.42. The van der Waals surface area contributed by atoms with Gasteiger partial charge < -0.3 is 10.6 Å². The molecule has 0 heterocycles. The second-order valence-electron chi connectivity index (χ2n) is 4.88. The van der Waals surface area contributed by atoms with Gasteiger partial charge in [0, 0.05) is 17.8 Å². The molecular weight excluding hydrogens is 282 g/mol. The van der Waals surface area contributed by atoms with Crippen LogP contribution in [-0.2, 0) is 4.79 Å². The van der Waals surface area contributed by atoms with Gasteiger partial charge >= 0.3 is 0 Å². The summed E-state index contributed by atoms with van der Waals surface area (Å²) in [5.74, 6) is 0.180. The number of amides is 1. The molecule has 0 saturated carbocycles. The molecule has 20 heavy (non-hydrogen) atoms. The van der Waals surface area contributed by atoms with Crippen molar-refractivity contribution < 1.29 is 9.72 Å². The van der Waals surface area contributed by atoms with Crippen LogP contribution in [0, 0.1) is 16.0 Å². The lowest BCUT2D eigenvalue weighted by Gasteiger charge is -2.17. The number of nitrogens with zero attached hydrogens (tertiary/aromatic N) is 1. The first-order chi connectivity index (χ1) is 9.31. The molecule has 1 amide bonds. The number of carbonyl (C=O) groups excluding carboxylic acids is 1. The number of benzene rings is 1. The van der Waals surface area contributed by atoms with Crippen LogP contribution in [0.25, 0.3) is 0 Å². The third-order valence-electron chi connectivity index (χ3n) is 2.98. The van der Waals surface area contributed by atoms with Gasteiger partial charge in [0.15, 0.2) is 0 Å². The molecular formula is C13H18ClN3O3. The minimum absolute atomic E-state index is 0.0514. The van der Waals surface area contributed by atoms with E-state index < -0.39 is 4.92 Å². The predicted molar refractivity (Wildman–Crippen MR) is 79.0 cm³/mol. The van der Waals surface area contributed by atoms with Crippen molar-refractivity contribution in [3.05, 3.63) is 33.3 Å². The smallest absolute Gasteiger partial charge is 0.289 e. The Morgan fingerprint density at radius 2 is 2.05 bits per heavy atom. The number of rotatable bonds is 6. The number of hydrogen-bond acceptors (Lipinski definition) is 4. The van der Waals surface area contributed by atoms with Gasteiger partial charge in [-0.15, -0.1) is 0 Å². The summed E-state index contributed by atoms with van der Waals surface area (Å²) in [6.07, 6.45) is 0. The summed E-state index contributed by atoms with van der Waals surface area (Å²) in [5, 5.41) is 16.5. The standard InChI is InChI=1S/C13H18ClN3O3/c1-8(2)9(3)16-13(18)7-15-10-4-5-11(14)12(6-10)17(19)20/h4-6,8-9,15H,7H2,1-3H3,(H,16,18).